The maximum absolute atomic E-state index is 6.07. The highest BCUT2D eigenvalue weighted by atomic mass is 16.5. The molecule has 0 saturated heterocycles. The minimum absolute atomic E-state index is 0.551. The zero-order valence-electron chi connectivity index (χ0n) is 12.8. The van der Waals surface area contributed by atoms with Crippen LogP contribution in [0.1, 0.15) is 77.6 Å². The second-order valence-corrected chi connectivity index (χ2v) is 6.58. The van der Waals surface area contributed by atoms with Gasteiger partial charge in [0.05, 0.1) is 12.7 Å². The number of rotatable bonds is 6. The third-order valence-corrected chi connectivity index (χ3v) is 5.06. The van der Waals surface area contributed by atoms with Crippen LogP contribution in [-0.4, -0.2) is 25.3 Å². The molecule has 2 nitrogen and oxygen atoms in total. The highest BCUT2D eigenvalue weighted by Gasteiger charge is 2.21. The molecule has 0 aromatic rings. The Balaban J connectivity index is 1.53. The highest BCUT2D eigenvalue weighted by molar-refractivity contribution is 4.73. The van der Waals surface area contributed by atoms with Gasteiger partial charge in [-0.25, -0.2) is 0 Å². The fraction of sp³-hybridized carbons (Fsp3) is 1.00. The number of hydrogen-bond donors (Lipinski definition) is 1. The topological polar surface area (TPSA) is 21.3 Å². The van der Waals surface area contributed by atoms with Gasteiger partial charge in [-0.1, -0.05) is 51.9 Å². The molecule has 0 bridgehead atoms. The van der Waals surface area contributed by atoms with Crippen LogP contribution in [0, 0.1) is 5.92 Å². The van der Waals surface area contributed by atoms with Crippen LogP contribution in [-0.2, 0) is 4.74 Å². The Morgan fingerprint density at radius 3 is 2.47 bits per heavy atom. The molecular weight excluding hydrogens is 234 g/mol. The van der Waals surface area contributed by atoms with Crippen LogP contribution in [0.25, 0.3) is 0 Å². The second-order valence-electron chi connectivity index (χ2n) is 6.58. The molecule has 0 radical (unpaired) electrons. The lowest BCUT2D eigenvalue weighted by molar-refractivity contribution is 0.0133. The van der Waals surface area contributed by atoms with Crippen LogP contribution in [0.5, 0.6) is 0 Å². The van der Waals surface area contributed by atoms with Gasteiger partial charge >= 0.3 is 0 Å². The molecule has 2 atom stereocenters. The molecule has 2 unspecified atom stereocenters. The number of nitrogens with one attached hydrogen (secondary N) is 1. The van der Waals surface area contributed by atoms with Crippen molar-refractivity contribution < 1.29 is 4.74 Å². The van der Waals surface area contributed by atoms with E-state index in [-0.39, 0.29) is 0 Å². The lowest BCUT2D eigenvalue weighted by Gasteiger charge is -2.28. The first-order chi connectivity index (χ1) is 9.38. The summed E-state index contributed by atoms with van der Waals surface area (Å²) < 4.78 is 6.07. The van der Waals surface area contributed by atoms with E-state index in [2.05, 4.69) is 12.2 Å². The van der Waals surface area contributed by atoms with Crippen molar-refractivity contribution in [3.8, 4) is 0 Å². The SMILES string of the molecule is CCC1CCCC(OCCNC2CCCCCC2)C1. The van der Waals surface area contributed by atoms with E-state index in [1.54, 1.807) is 0 Å². The van der Waals surface area contributed by atoms with E-state index in [4.69, 9.17) is 4.74 Å². The van der Waals surface area contributed by atoms with Crippen molar-refractivity contribution in [2.24, 2.45) is 5.92 Å². The minimum Gasteiger partial charge on any atom is -0.377 e. The fourth-order valence-electron chi connectivity index (χ4n) is 3.74. The maximum atomic E-state index is 6.07. The van der Waals surface area contributed by atoms with Crippen molar-refractivity contribution in [1.82, 2.24) is 5.32 Å². The van der Waals surface area contributed by atoms with Gasteiger partial charge in [-0.15, -0.1) is 0 Å². The molecule has 0 aliphatic heterocycles. The van der Waals surface area contributed by atoms with E-state index in [1.807, 2.05) is 0 Å². The van der Waals surface area contributed by atoms with Crippen LogP contribution in [0.15, 0.2) is 0 Å². The molecule has 0 heterocycles. The first-order valence-corrected chi connectivity index (χ1v) is 8.73. The van der Waals surface area contributed by atoms with Gasteiger partial charge in [0, 0.05) is 12.6 Å². The molecule has 0 aromatic carbocycles. The number of ether oxygens (including phenoxy) is 1. The molecule has 112 valence electrons. The molecule has 2 aliphatic carbocycles. The van der Waals surface area contributed by atoms with Crippen molar-refractivity contribution in [3.63, 3.8) is 0 Å². The standard InChI is InChI=1S/C17H33NO/c1-2-15-8-7-11-17(14-15)19-13-12-18-16-9-5-3-4-6-10-16/h15-18H,2-14H2,1H3. The summed E-state index contributed by atoms with van der Waals surface area (Å²) in [5.41, 5.74) is 0. The Morgan fingerprint density at radius 1 is 0.947 bits per heavy atom. The minimum atomic E-state index is 0.551. The van der Waals surface area contributed by atoms with E-state index in [1.165, 1.54) is 70.6 Å². The average Bonchev–Trinajstić information content (AvgIpc) is 2.72. The predicted octanol–water partition coefficient (Wildman–Crippen LogP) is 4.28. The Bertz CT molecular complexity index is 223. The molecule has 1 N–H and O–H groups in total. The van der Waals surface area contributed by atoms with Crippen molar-refractivity contribution in [2.75, 3.05) is 13.2 Å². The molecular formula is C17H33NO. The van der Waals surface area contributed by atoms with Gasteiger partial charge in [-0.3, -0.25) is 0 Å². The summed E-state index contributed by atoms with van der Waals surface area (Å²) >= 11 is 0. The van der Waals surface area contributed by atoms with Crippen LogP contribution in [0.3, 0.4) is 0 Å². The zero-order chi connectivity index (χ0) is 13.3. The Kier molecular flexibility index (Phi) is 7.23. The first-order valence-electron chi connectivity index (χ1n) is 8.73. The summed E-state index contributed by atoms with van der Waals surface area (Å²) in [6.07, 6.45) is 15.7. The van der Waals surface area contributed by atoms with E-state index >= 15 is 0 Å². The van der Waals surface area contributed by atoms with Gasteiger partial charge in [0.25, 0.3) is 0 Å². The molecule has 0 spiro atoms. The molecule has 0 aromatic heterocycles. The number of hydrogen-bond acceptors (Lipinski definition) is 2. The van der Waals surface area contributed by atoms with Gasteiger partial charge in [-0.05, 0) is 31.6 Å². The molecule has 2 saturated carbocycles. The summed E-state index contributed by atoms with van der Waals surface area (Å²) in [7, 11) is 0. The lowest BCUT2D eigenvalue weighted by Crippen LogP contribution is -2.33. The van der Waals surface area contributed by atoms with Crippen molar-refractivity contribution in [1.29, 1.82) is 0 Å². The van der Waals surface area contributed by atoms with E-state index < -0.39 is 0 Å². The molecule has 2 aliphatic rings. The summed E-state index contributed by atoms with van der Waals surface area (Å²) in [4.78, 5) is 0. The van der Waals surface area contributed by atoms with Crippen molar-refractivity contribution in [2.45, 2.75) is 89.7 Å². The first kappa shape index (κ1) is 15.3. The fourth-order valence-corrected chi connectivity index (χ4v) is 3.74. The smallest absolute Gasteiger partial charge is 0.0594 e. The van der Waals surface area contributed by atoms with Crippen molar-refractivity contribution in [3.05, 3.63) is 0 Å². The van der Waals surface area contributed by atoms with Crippen LogP contribution >= 0.6 is 0 Å². The predicted molar refractivity (Wildman–Crippen MR) is 81.5 cm³/mol. The highest BCUT2D eigenvalue weighted by Crippen LogP contribution is 2.28. The summed E-state index contributed by atoms with van der Waals surface area (Å²) in [5.74, 6) is 0.925. The Hall–Kier alpha value is -0.0800. The largest absolute Gasteiger partial charge is 0.377 e. The molecule has 0 amide bonds. The van der Waals surface area contributed by atoms with E-state index in [0.717, 1.165) is 25.1 Å². The Labute approximate surface area is 119 Å². The third-order valence-electron chi connectivity index (χ3n) is 5.06. The molecule has 2 heteroatoms. The Morgan fingerprint density at radius 2 is 1.74 bits per heavy atom. The van der Waals surface area contributed by atoms with Crippen LogP contribution in [0.2, 0.25) is 0 Å². The molecule has 2 fully saturated rings. The maximum Gasteiger partial charge on any atom is 0.0594 e. The van der Waals surface area contributed by atoms with Gasteiger partial charge in [-0.2, -0.15) is 0 Å². The summed E-state index contributed by atoms with van der Waals surface area (Å²) in [6, 6.07) is 0.765. The van der Waals surface area contributed by atoms with Gasteiger partial charge in [0.1, 0.15) is 0 Å². The van der Waals surface area contributed by atoms with E-state index in [0.29, 0.717) is 6.10 Å². The summed E-state index contributed by atoms with van der Waals surface area (Å²) in [5, 5.41) is 3.70. The van der Waals surface area contributed by atoms with Gasteiger partial charge in [0.15, 0.2) is 0 Å². The quantitative estimate of drug-likeness (QED) is 0.573. The lowest BCUT2D eigenvalue weighted by atomic mass is 9.85. The molecule has 2 rings (SSSR count). The average molecular weight is 267 g/mol. The monoisotopic (exact) mass is 267 g/mol. The van der Waals surface area contributed by atoms with Gasteiger partial charge in [0.2, 0.25) is 0 Å². The normalized spacial score (nSPS) is 30.2. The van der Waals surface area contributed by atoms with Crippen LogP contribution < -0.4 is 5.32 Å². The third kappa shape index (κ3) is 5.83. The molecule has 19 heavy (non-hydrogen) atoms. The second kappa shape index (κ2) is 8.97. The summed E-state index contributed by atoms with van der Waals surface area (Å²) in [6.45, 7) is 4.29. The zero-order valence-corrected chi connectivity index (χ0v) is 12.8. The van der Waals surface area contributed by atoms with Crippen molar-refractivity contribution >= 4 is 0 Å². The van der Waals surface area contributed by atoms with Gasteiger partial charge < -0.3 is 10.1 Å². The van der Waals surface area contributed by atoms with E-state index in [9.17, 15) is 0 Å². The van der Waals surface area contributed by atoms with Crippen LogP contribution in [0.4, 0.5) is 0 Å².